The number of hydrogen-bond donors (Lipinski definition) is 1. The van der Waals surface area contributed by atoms with Crippen LogP contribution in [0, 0.1) is 11.8 Å². The summed E-state index contributed by atoms with van der Waals surface area (Å²) < 4.78 is 12.1. The third kappa shape index (κ3) is 3.80. The van der Waals surface area contributed by atoms with Gasteiger partial charge in [0, 0.05) is 18.7 Å². The Bertz CT molecular complexity index is 916. The second kappa shape index (κ2) is 8.02. The van der Waals surface area contributed by atoms with Crippen molar-refractivity contribution in [2.45, 2.75) is 13.8 Å². The molecule has 0 fully saturated rings. The molecular weight excluding hydrogens is 318 g/mol. The van der Waals surface area contributed by atoms with Crippen LogP contribution in [0.4, 0.5) is 5.82 Å². The normalized spacial score (nSPS) is 9.64. The molecular formula is C18H21N5O2. The van der Waals surface area contributed by atoms with Crippen molar-refractivity contribution in [3.05, 3.63) is 35.8 Å². The Balaban J connectivity index is 0.00000109. The molecule has 0 aliphatic heterocycles. The number of hydrogen-bond acceptors (Lipinski definition) is 6. The summed E-state index contributed by atoms with van der Waals surface area (Å²) in [6, 6.07) is 5.42. The van der Waals surface area contributed by atoms with Crippen molar-refractivity contribution in [1.82, 2.24) is 19.7 Å². The van der Waals surface area contributed by atoms with Crippen LogP contribution in [-0.2, 0) is 7.05 Å². The van der Waals surface area contributed by atoms with Gasteiger partial charge in [-0.25, -0.2) is 14.6 Å². The number of aryl methyl sites for hydroxylation is 1. The highest BCUT2D eigenvalue weighted by molar-refractivity contribution is 5.90. The first-order valence-corrected chi connectivity index (χ1v) is 7.80. The summed E-state index contributed by atoms with van der Waals surface area (Å²) in [5, 5.41) is 5.00. The van der Waals surface area contributed by atoms with Crippen molar-refractivity contribution < 1.29 is 9.47 Å². The smallest absolute Gasteiger partial charge is 0.164 e. The maximum atomic E-state index is 5.92. The number of aromatic nitrogens is 4. The Morgan fingerprint density at radius 2 is 1.64 bits per heavy atom. The summed E-state index contributed by atoms with van der Waals surface area (Å²) in [6.07, 6.45) is 1.41. The van der Waals surface area contributed by atoms with E-state index < -0.39 is 0 Å². The second-order valence-corrected chi connectivity index (χ2v) is 4.78. The Morgan fingerprint density at radius 3 is 2.24 bits per heavy atom. The van der Waals surface area contributed by atoms with Gasteiger partial charge in [0.05, 0.1) is 19.6 Å². The van der Waals surface area contributed by atoms with Gasteiger partial charge in [0.1, 0.15) is 29.3 Å². The first-order chi connectivity index (χ1) is 12.1. The maximum Gasteiger partial charge on any atom is 0.164 e. The summed E-state index contributed by atoms with van der Waals surface area (Å²) >= 11 is 0. The largest absolute Gasteiger partial charge is 0.497 e. The highest BCUT2D eigenvalue weighted by atomic mass is 16.5. The number of nitrogens with zero attached hydrogens (tertiary/aromatic N) is 4. The molecule has 0 radical (unpaired) electrons. The van der Waals surface area contributed by atoms with E-state index in [1.807, 2.05) is 26.0 Å². The van der Waals surface area contributed by atoms with Crippen molar-refractivity contribution in [3.8, 4) is 23.3 Å². The van der Waals surface area contributed by atoms with Gasteiger partial charge in [-0.3, -0.25) is 0 Å². The molecule has 0 bridgehead atoms. The zero-order valence-corrected chi connectivity index (χ0v) is 15.0. The zero-order chi connectivity index (χ0) is 18.4. The van der Waals surface area contributed by atoms with E-state index in [0.29, 0.717) is 34.0 Å². The van der Waals surface area contributed by atoms with Crippen molar-refractivity contribution in [3.63, 3.8) is 0 Å². The van der Waals surface area contributed by atoms with Crippen LogP contribution in [0.15, 0.2) is 24.5 Å². The van der Waals surface area contributed by atoms with Crippen LogP contribution in [-0.4, -0.2) is 34.0 Å². The lowest BCUT2D eigenvalue weighted by Crippen LogP contribution is -1.95. The van der Waals surface area contributed by atoms with Gasteiger partial charge in [0.2, 0.25) is 0 Å². The minimum atomic E-state index is 0.357. The molecule has 1 aromatic carbocycles. The lowest BCUT2D eigenvalue weighted by Gasteiger charge is -2.04. The van der Waals surface area contributed by atoms with Crippen LogP contribution in [0.1, 0.15) is 25.1 Å². The van der Waals surface area contributed by atoms with Crippen LogP contribution in [0.25, 0.3) is 11.0 Å². The maximum absolute atomic E-state index is 5.92. The van der Waals surface area contributed by atoms with Crippen molar-refractivity contribution in [2.75, 3.05) is 20.0 Å². The van der Waals surface area contributed by atoms with Gasteiger partial charge in [-0.1, -0.05) is 19.8 Å². The van der Waals surface area contributed by atoms with Crippen LogP contribution < -0.4 is 15.2 Å². The number of benzene rings is 1. The summed E-state index contributed by atoms with van der Waals surface area (Å²) in [5.41, 5.74) is 7.84. The van der Waals surface area contributed by atoms with E-state index in [0.717, 1.165) is 5.56 Å². The Kier molecular flexibility index (Phi) is 5.79. The summed E-state index contributed by atoms with van der Waals surface area (Å²) in [6.45, 7) is 4.00. The minimum absolute atomic E-state index is 0.357. The quantitative estimate of drug-likeness (QED) is 0.721. The van der Waals surface area contributed by atoms with E-state index in [-0.39, 0.29) is 0 Å². The van der Waals surface area contributed by atoms with E-state index in [2.05, 4.69) is 26.9 Å². The molecule has 0 saturated carbocycles. The molecule has 2 aromatic heterocycles. The molecule has 2 heterocycles. The highest BCUT2D eigenvalue weighted by Crippen LogP contribution is 2.23. The lowest BCUT2D eigenvalue weighted by atomic mass is 10.2. The van der Waals surface area contributed by atoms with E-state index >= 15 is 0 Å². The van der Waals surface area contributed by atoms with Gasteiger partial charge in [0.15, 0.2) is 5.65 Å². The summed E-state index contributed by atoms with van der Waals surface area (Å²) in [5.74, 6) is 7.76. The first-order valence-electron chi connectivity index (χ1n) is 7.80. The average Bonchev–Trinajstić information content (AvgIpc) is 2.98. The number of ether oxygens (including phenoxy) is 2. The Hall–Kier alpha value is -3.27. The summed E-state index contributed by atoms with van der Waals surface area (Å²) in [7, 11) is 4.97. The molecule has 0 aliphatic carbocycles. The molecule has 7 nitrogen and oxygen atoms in total. The predicted octanol–water partition coefficient (Wildman–Crippen LogP) is 2.39. The molecule has 7 heteroatoms. The lowest BCUT2D eigenvalue weighted by molar-refractivity contribution is 0.394. The van der Waals surface area contributed by atoms with Gasteiger partial charge in [-0.15, -0.1) is 0 Å². The molecule has 0 unspecified atom stereocenters. The van der Waals surface area contributed by atoms with Crippen molar-refractivity contribution in [2.24, 2.45) is 7.05 Å². The van der Waals surface area contributed by atoms with Crippen LogP contribution in [0.3, 0.4) is 0 Å². The van der Waals surface area contributed by atoms with Gasteiger partial charge < -0.3 is 15.2 Å². The number of nitrogens with two attached hydrogens (primary N) is 1. The molecule has 0 amide bonds. The van der Waals surface area contributed by atoms with Gasteiger partial charge >= 0.3 is 0 Å². The number of methoxy groups -OCH3 is 2. The van der Waals surface area contributed by atoms with E-state index in [4.69, 9.17) is 15.2 Å². The standard InChI is InChI=1S/C16H15N5O2.C2H6/c1-21-16-14(15(17)18-9-19-16)13(20-21)5-4-10-6-11(22-2)8-12(7-10)23-3;1-2/h6-9H,1-3H3,(H2,17,18,19);1-2H3. The molecule has 130 valence electrons. The van der Waals surface area contributed by atoms with E-state index in [9.17, 15) is 0 Å². The van der Waals surface area contributed by atoms with Crippen molar-refractivity contribution >= 4 is 16.9 Å². The number of anilines is 1. The second-order valence-electron chi connectivity index (χ2n) is 4.78. The van der Waals surface area contributed by atoms with Crippen LogP contribution >= 0.6 is 0 Å². The molecule has 0 saturated heterocycles. The van der Waals surface area contributed by atoms with Crippen molar-refractivity contribution in [1.29, 1.82) is 0 Å². The molecule has 3 rings (SSSR count). The Morgan fingerprint density at radius 1 is 1.00 bits per heavy atom. The molecule has 0 aliphatic rings. The van der Waals surface area contributed by atoms with Gasteiger partial charge in [-0.2, -0.15) is 5.10 Å². The minimum Gasteiger partial charge on any atom is -0.497 e. The third-order valence-corrected chi connectivity index (χ3v) is 3.33. The molecule has 25 heavy (non-hydrogen) atoms. The predicted molar refractivity (Wildman–Crippen MR) is 97.6 cm³/mol. The highest BCUT2D eigenvalue weighted by Gasteiger charge is 2.11. The fraction of sp³-hybridized carbons (Fsp3) is 0.278. The fourth-order valence-corrected chi connectivity index (χ4v) is 2.21. The zero-order valence-electron chi connectivity index (χ0n) is 15.0. The monoisotopic (exact) mass is 339 g/mol. The van der Waals surface area contributed by atoms with Crippen LogP contribution in [0.2, 0.25) is 0 Å². The van der Waals surface area contributed by atoms with Crippen LogP contribution in [0.5, 0.6) is 11.5 Å². The molecule has 3 aromatic rings. The Labute approximate surface area is 146 Å². The molecule has 0 atom stereocenters. The number of nitrogen functional groups attached to an aromatic ring is 1. The fourth-order valence-electron chi connectivity index (χ4n) is 2.21. The molecule has 2 N–H and O–H groups in total. The van der Waals surface area contributed by atoms with E-state index in [1.165, 1.54) is 6.33 Å². The van der Waals surface area contributed by atoms with Gasteiger partial charge in [0.25, 0.3) is 0 Å². The topological polar surface area (TPSA) is 88.1 Å². The summed E-state index contributed by atoms with van der Waals surface area (Å²) in [4.78, 5) is 8.17. The number of fused-ring (bicyclic) bond motifs is 1. The average molecular weight is 339 g/mol. The third-order valence-electron chi connectivity index (χ3n) is 3.33. The van der Waals surface area contributed by atoms with E-state index in [1.54, 1.807) is 32.0 Å². The van der Waals surface area contributed by atoms with Gasteiger partial charge in [-0.05, 0) is 18.1 Å². The number of rotatable bonds is 2. The molecule has 0 spiro atoms. The SMILES string of the molecule is CC.COc1cc(C#Cc2nn(C)c3ncnc(N)c23)cc(OC)c1. The first kappa shape index (κ1) is 18.1.